The highest BCUT2D eigenvalue weighted by Gasteiger charge is 2.55. The van der Waals surface area contributed by atoms with Crippen molar-refractivity contribution >= 4 is 43.2 Å². The Hall–Kier alpha value is -1.08. The lowest BCUT2D eigenvalue weighted by atomic mass is 9.83. The molecule has 1 aromatic carbocycles. The Morgan fingerprint density at radius 1 is 1.42 bits per heavy atom. The van der Waals surface area contributed by atoms with Gasteiger partial charge < -0.3 is 5.32 Å². The summed E-state index contributed by atoms with van der Waals surface area (Å²) < 4.78 is 25.9. The fourth-order valence-corrected chi connectivity index (χ4v) is 5.75. The Morgan fingerprint density at radius 2 is 2.17 bits per heavy atom. The van der Waals surface area contributed by atoms with Crippen LogP contribution in [0.5, 0.6) is 0 Å². The molecule has 132 valence electrons. The summed E-state index contributed by atoms with van der Waals surface area (Å²) in [6.45, 7) is 3.43. The van der Waals surface area contributed by atoms with Gasteiger partial charge in [-0.05, 0) is 69.2 Å². The van der Waals surface area contributed by atoms with Crippen LogP contribution in [0.3, 0.4) is 0 Å². The second-order valence-corrected chi connectivity index (χ2v) is 10.1. The molecule has 7 heteroatoms. The van der Waals surface area contributed by atoms with Gasteiger partial charge in [0.25, 0.3) is 0 Å². The second kappa shape index (κ2) is 6.33. The third-order valence-corrected chi connectivity index (χ3v) is 7.91. The summed E-state index contributed by atoms with van der Waals surface area (Å²) in [6, 6.07) is 5.26. The maximum atomic E-state index is 12.8. The van der Waals surface area contributed by atoms with E-state index in [9.17, 15) is 13.2 Å². The molecule has 2 aliphatic rings. The van der Waals surface area contributed by atoms with E-state index in [0.29, 0.717) is 17.3 Å². The van der Waals surface area contributed by atoms with Crippen molar-refractivity contribution in [3.05, 3.63) is 23.8 Å². The van der Waals surface area contributed by atoms with E-state index >= 15 is 0 Å². The zero-order valence-corrected chi connectivity index (χ0v) is 16.3. The standard InChI is InChI=1S/C17H23BrN2O3S/c1-3-24(22,23)20-14-5-4-13(8-11(14)2)19-16(21)17-7-6-12(10-17)9-15(17)18/h4-5,8,12,15,20H,3,6-7,9-10H2,1-2H3,(H,19,21)/t12-,15-,17-/m0/s1. The number of aryl methyl sites for hydroxylation is 1. The molecule has 2 fully saturated rings. The first kappa shape index (κ1) is 17.7. The molecule has 2 aliphatic carbocycles. The fraction of sp³-hybridized carbons (Fsp3) is 0.588. The lowest BCUT2D eigenvalue weighted by Crippen LogP contribution is -2.39. The molecule has 0 heterocycles. The number of hydrogen-bond acceptors (Lipinski definition) is 3. The van der Waals surface area contributed by atoms with Crippen LogP contribution in [0.1, 0.15) is 38.2 Å². The van der Waals surface area contributed by atoms with E-state index in [2.05, 4.69) is 26.0 Å². The zero-order valence-electron chi connectivity index (χ0n) is 13.9. The second-order valence-electron chi connectivity index (χ2n) is 6.96. The molecule has 0 unspecified atom stereocenters. The molecular weight excluding hydrogens is 392 g/mol. The normalized spacial score (nSPS) is 28.8. The van der Waals surface area contributed by atoms with Crippen LogP contribution in [0.25, 0.3) is 0 Å². The molecule has 5 nitrogen and oxygen atoms in total. The predicted molar refractivity (Wildman–Crippen MR) is 100.0 cm³/mol. The number of sulfonamides is 1. The Labute approximate surface area is 151 Å². The van der Waals surface area contributed by atoms with Crippen LogP contribution in [-0.2, 0) is 14.8 Å². The largest absolute Gasteiger partial charge is 0.326 e. The average molecular weight is 415 g/mol. The van der Waals surface area contributed by atoms with Gasteiger partial charge >= 0.3 is 0 Å². The average Bonchev–Trinajstić information content (AvgIpc) is 3.08. The minimum Gasteiger partial charge on any atom is -0.326 e. The smallest absolute Gasteiger partial charge is 0.232 e. The van der Waals surface area contributed by atoms with Crippen LogP contribution in [0, 0.1) is 18.3 Å². The number of alkyl halides is 1. The number of hydrogen-bond donors (Lipinski definition) is 2. The first-order valence-corrected chi connectivity index (χ1v) is 10.9. The number of amides is 1. The van der Waals surface area contributed by atoms with E-state index in [4.69, 9.17) is 0 Å². The first-order chi connectivity index (χ1) is 11.3. The van der Waals surface area contributed by atoms with E-state index in [1.54, 1.807) is 19.1 Å². The van der Waals surface area contributed by atoms with Crippen LogP contribution < -0.4 is 10.0 Å². The Morgan fingerprint density at radius 3 is 2.71 bits per heavy atom. The van der Waals surface area contributed by atoms with Gasteiger partial charge in [0.05, 0.1) is 16.9 Å². The van der Waals surface area contributed by atoms with Crippen molar-refractivity contribution in [3.8, 4) is 0 Å². The van der Waals surface area contributed by atoms with Gasteiger partial charge in [0.1, 0.15) is 0 Å². The molecule has 1 aromatic rings. The van der Waals surface area contributed by atoms with Crippen molar-refractivity contribution in [1.29, 1.82) is 0 Å². The summed E-state index contributed by atoms with van der Waals surface area (Å²) in [7, 11) is -3.30. The highest BCUT2D eigenvalue weighted by molar-refractivity contribution is 9.09. The van der Waals surface area contributed by atoms with Crippen LogP contribution in [0.2, 0.25) is 0 Å². The molecular formula is C17H23BrN2O3S. The maximum absolute atomic E-state index is 12.8. The van der Waals surface area contributed by atoms with Crippen molar-refractivity contribution in [2.24, 2.45) is 11.3 Å². The molecule has 1 amide bonds. The number of nitrogens with one attached hydrogen (secondary N) is 2. The van der Waals surface area contributed by atoms with Gasteiger partial charge in [0.2, 0.25) is 15.9 Å². The van der Waals surface area contributed by atoms with E-state index in [0.717, 1.165) is 31.2 Å². The lowest BCUT2D eigenvalue weighted by Gasteiger charge is -2.30. The molecule has 0 saturated heterocycles. The van der Waals surface area contributed by atoms with Gasteiger partial charge in [0.15, 0.2) is 0 Å². The Kier molecular flexibility index (Phi) is 4.68. The van der Waals surface area contributed by atoms with Crippen molar-refractivity contribution in [1.82, 2.24) is 0 Å². The van der Waals surface area contributed by atoms with Crippen LogP contribution >= 0.6 is 15.9 Å². The van der Waals surface area contributed by atoms with Gasteiger partial charge in [-0.25, -0.2) is 8.42 Å². The third-order valence-electron chi connectivity index (χ3n) is 5.37. The highest BCUT2D eigenvalue weighted by atomic mass is 79.9. The summed E-state index contributed by atoms with van der Waals surface area (Å²) in [4.78, 5) is 13.1. The molecule has 2 bridgehead atoms. The van der Waals surface area contributed by atoms with Crippen LogP contribution in [0.15, 0.2) is 18.2 Å². The molecule has 24 heavy (non-hydrogen) atoms. The van der Waals surface area contributed by atoms with E-state index in [1.165, 1.54) is 0 Å². The topological polar surface area (TPSA) is 75.3 Å². The molecule has 2 N–H and O–H groups in total. The van der Waals surface area contributed by atoms with Gasteiger partial charge in [-0.2, -0.15) is 0 Å². The van der Waals surface area contributed by atoms with Crippen molar-refractivity contribution in [2.45, 2.75) is 44.4 Å². The third kappa shape index (κ3) is 3.20. The number of carbonyl (C=O) groups excluding carboxylic acids is 1. The molecule has 0 aromatic heterocycles. The number of rotatable bonds is 5. The molecule has 0 radical (unpaired) electrons. The monoisotopic (exact) mass is 414 g/mol. The minimum absolute atomic E-state index is 0.0290. The van der Waals surface area contributed by atoms with Gasteiger partial charge in [0, 0.05) is 10.5 Å². The van der Waals surface area contributed by atoms with Crippen LogP contribution in [0.4, 0.5) is 11.4 Å². The van der Waals surface area contributed by atoms with Crippen LogP contribution in [-0.4, -0.2) is 24.9 Å². The molecule has 2 saturated carbocycles. The maximum Gasteiger partial charge on any atom is 0.232 e. The molecule has 0 aliphatic heterocycles. The van der Waals surface area contributed by atoms with Crippen molar-refractivity contribution in [3.63, 3.8) is 0 Å². The SMILES string of the molecule is CCS(=O)(=O)Nc1ccc(NC(=O)[C@]23CC[C@@H](C[C@@H]2Br)C3)cc1C. The Bertz CT molecular complexity index is 765. The van der Waals surface area contributed by atoms with E-state index < -0.39 is 10.0 Å². The summed E-state index contributed by atoms with van der Waals surface area (Å²) in [6.07, 6.45) is 4.10. The minimum atomic E-state index is -3.30. The Balaban J connectivity index is 1.74. The first-order valence-electron chi connectivity index (χ1n) is 8.32. The summed E-state index contributed by atoms with van der Waals surface area (Å²) in [5, 5.41) is 3.03. The zero-order chi connectivity index (χ0) is 17.5. The summed E-state index contributed by atoms with van der Waals surface area (Å²) in [5.74, 6) is 0.764. The van der Waals surface area contributed by atoms with Gasteiger partial charge in [-0.3, -0.25) is 9.52 Å². The molecule has 3 atom stereocenters. The number of halogens is 1. The number of anilines is 2. The number of benzene rings is 1. The quantitative estimate of drug-likeness (QED) is 0.721. The van der Waals surface area contributed by atoms with E-state index in [-0.39, 0.29) is 21.9 Å². The predicted octanol–water partition coefficient (Wildman–Crippen LogP) is 3.65. The molecule has 3 rings (SSSR count). The fourth-order valence-electron chi connectivity index (χ4n) is 3.88. The van der Waals surface area contributed by atoms with Crippen molar-refractivity contribution < 1.29 is 13.2 Å². The van der Waals surface area contributed by atoms with Crippen molar-refractivity contribution in [2.75, 3.05) is 15.8 Å². The number of fused-ring (bicyclic) bond motifs is 2. The van der Waals surface area contributed by atoms with Gasteiger partial charge in [-0.15, -0.1) is 0 Å². The van der Waals surface area contributed by atoms with Gasteiger partial charge in [-0.1, -0.05) is 15.9 Å². The lowest BCUT2D eigenvalue weighted by molar-refractivity contribution is -0.124. The summed E-state index contributed by atoms with van der Waals surface area (Å²) >= 11 is 3.70. The number of carbonyl (C=O) groups is 1. The summed E-state index contributed by atoms with van der Waals surface area (Å²) in [5.41, 5.74) is 1.75. The molecule has 0 spiro atoms. The highest BCUT2D eigenvalue weighted by Crippen LogP contribution is 2.57. The van der Waals surface area contributed by atoms with E-state index in [1.807, 2.05) is 13.0 Å².